The number of anilines is 1. The van der Waals surface area contributed by atoms with Gasteiger partial charge in [-0.05, 0) is 12.8 Å². The van der Waals surface area contributed by atoms with Crippen LogP contribution in [0.4, 0.5) is 5.95 Å². The van der Waals surface area contributed by atoms with E-state index >= 15 is 0 Å². The second-order valence-electron chi connectivity index (χ2n) is 4.91. The lowest BCUT2D eigenvalue weighted by molar-refractivity contribution is 0.0379. The summed E-state index contributed by atoms with van der Waals surface area (Å²) >= 11 is 0. The van der Waals surface area contributed by atoms with E-state index in [2.05, 4.69) is 15.3 Å². The molecule has 100 valence electrons. The van der Waals surface area contributed by atoms with Crippen LogP contribution < -0.4 is 10.1 Å². The Hall–Kier alpha value is -1.36. The fourth-order valence-electron chi connectivity index (χ4n) is 2.35. The van der Waals surface area contributed by atoms with Gasteiger partial charge in [0.1, 0.15) is 0 Å². The smallest absolute Gasteiger partial charge is 0.226 e. The lowest BCUT2D eigenvalue weighted by atomic mass is 9.95. The molecule has 0 saturated heterocycles. The molecule has 2 rings (SSSR count). The molecule has 1 aromatic rings. The fraction of sp³-hybridized carbons (Fsp3) is 0.692. The number of aromatic nitrogens is 2. The molecule has 0 aliphatic heterocycles. The molecule has 0 atom stereocenters. The van der Waals surface area contributed by atoms with E-state index in [4.69, 9.17) is 4.74 Å². The average molecular weight is 251 g/mol. The zero-order valence-corrected chi connectivity index (χ0v) is 10.9. The summed E-state index contributed by atoms with van der Waals surface area (Å²) in [6.07, 6.45) is 7.98. The van der Waals surface area contributed by atoms with E-state index in [0.717, 1.165) is 25.7 Å². The molecule has 0 bridgehead atoms. The Morgan fingerprint density at radius 2 is 2.06 bits per heavy atom. The fourth-order valence-corrected chi connectivity index (χ4v) is 2.35. The van der Waals surface area contributed by atoms with Crippen molar-refractivity contribution in [2.75, 3.05) is 19.0 Å². The number of rotatable bonds is 4. The molecule has 1 heterocycles. The third-order valence-corrected chi connectivity index (χ3v) is 3.45. The second kappa shape index (κ2) is 6.00. The summed E-state index contributed by atoms with van der Waals surface area (Å²) in [4.78, 5) is 8.29. The first kappa shape index (κ1) is 13.1. The number of ether oxygens (including phenoxy) is 1. The van der Waals surface area contributed by atoms with Gasteiger partial charge in [0, 0.05) is 18.8 Å². The second-order valence-corrected chi connectivity index (χ2v) is 4.91. The SMILES string of the molecule is COc1ccnc(NCC2(O)CCCCCC2)n1. The zero-order valence-electron chi connectivity index (χ0n) is 10.9. The van der Waals surface area contributed by atoms with Gasteiger partial charge in [-0.2, -0.15) is 4.98 Å². The standard InChI is InChI=1S/C13H21N3O2/c1-18-11-6-9-14-12(16-11)15-10-13(17)7-4-2-3-5-8-13/h6,9,17H,2-5,7-8,10H2,1H3,(H,14,15,16). The Morgan fingerprint density at radius 3 is 2.72 bits per heavy atom. The molecule has 1 fully saturated rings. The highest BCUT2D eigenvalue weighted by molar-refractivity contribution is 5.28. The van der Waals surface area contributed by atoms with Gasteiger partial charge in [-0.1, -0.05) is 25.7 Å². The quantitative estimate of drug-likeness (QED) is 0.801. The summed E-state index contributed by atoms with van der Waals surface area (Å²) in [5, 5.41) is 13.6. The Labute approximate surface area is 108 Å². The summed E-state index contributed by atoms with van der Waals surface area (Å²) in [6.45, 7) is 0.500. The normalized spacial score (nSPS) is 19.0. The van der Waals surface area contributed by atoms with Crippen molar-refractivity contribution in [3.05, 3.63) is 12.3 Å². The maximum absolute atomic E-state index is 10.5. The van der Waals surface area contributed by atoms with E-state index in [0.29, 0.717) is 18.4 Å². The Balaban J connectivity index is 1.92. The average Bonchev–Trinajstić information content (AvgIpc) is 2.62. The third kappa shape index (κ3) is 3.57. The monoisotopic (exact) mass is 251 g/mol. The van der Waals surface area contributed by atoms with Crippen molar-refractivity contribution in [3.63, 3.8) is 0 Å². The third-order valence-electron chi connectivity index (χ3n) is 3.45. The van der Waals surface area contributed by atoms with Gasteiger partial charge in [0.05, 0.1) is 12.7 Å². The van der Waals surface area contributed by atoms with Crippen LogP contribution in [0.5, 0.6) is 5.88 Å². The minimum Gasteiger partial charge on any atom is -0.481 e. The molecule has 1 aliphatic rings. The van der Waals surface area contributed by atoms with Crippen LogP contribution in [0.1, 0.15) is 38.5 Å². The minimum absolute atomic E-state index is 0.500. The van der Waals surface area contributed by atoms with Gasteiger partial charge in [0.2, 0.25) is 11.8 Å². The van der Waals surface area contributed by atoms with E-state index in [1.807, 2.05) is 0 Å². The van der Waals surface area contributed by atoms with Crippen LogP contribution in [0, 0.1) is 0 Å². The van der Waals surface area contributed by atoms with Crippen LogP contribution in [0.2, 0.25) is 0 Å². The van der Waals surface area contributed by atoms with Crippen LogP contribution in [0.25, 0.3) is 0 Å². The molecule has 5 heteroatoms. The molecule has 5 nitrogen and oxygen atoms in total. The maximum Gasteiger partial charge on any atom is 0.226 e. The van der Waals surface area contributed by atoms with Gasteiger partial charge in [-0.25, -0.2) is 4.98 Å². The topological polar surface area (TPSA) is 67.3 Å². The molecular formula is C13H21N3O2. The lowest BCUT2D eigenvalue weighted by Gasteiger charge is -2.26. The largest absolute Gasteiger partial charge is 0.481 e. The van der Waals surface area contributed by atoms with Crippen LogP contribution in [-0.4, -0.2) is 34.3 Å². The first-order valence-corrected chi connectivity index (χ1v) is 6.55. The predicted molar refractivity (Wildman–Crippen MR) is 69.7 cm³/mol. The van der Waals surface area contributed by atoms with E-state index in [1.165, 1.54) is 12.8 Å². The molecule has 0 radical (unpaired) electrons. The molecule has 2 N–H and O–H groups in total. The molecule has 1 aliphatic carbocycles. The highest BCUT2D eigenvalue weighted by atomic mass is 16.5. The first-order valence-electron chi connectivity index (χ1n) is 6.55. The number of nitrogens with one attached hydrogen (secondary N) is 1. The molecule has 1 aromatic heterocycles. The number of hydrogen-bond donors (Lipinski definition) is 2. The number of nitrogens with zero attached hydrogens (tertiary/aromatic N) is 2. The number of methoxy groups -OCH3 is 1. The van der Waals surface area contributed by atoms with Gasteiger partial charge < -0.3 is 15.2 Å². The molecule has 0 spiro atoms. The summed E-state index contributed by atoms with van der Waals surface area (Å²) in [5.74, 6) is 1.03. The van der Waals surface area contributed by atoms with Gasteiger partial charge in [0.25, 0.3) is 0 Å². The highest BCUT2D eigenvalue weighted by Gasteiger charge is 2.27. The molecular weight excluding hydrogens is 230 g/mol. The van der Waals surface area contributed by atoms with Crippen LogP contribution in [0.3, 0.4) is 0 Å². The van der Waals surface area contributed by atoms with Crippen molar-refractivity contribution >= 4 is 5.95 Å². The van der Waals surface area contributed by atoms with E-state index in [9.17, 15) is 5.11 Å². The Kier molecular flexibility index (Phi) is 4.36. The number of hydrogen-bond acceptors (Lipinski definition) is 5. The van der Waals surface area contributed by atoms with Crippen LogP contribution >= 0.6 is 0 Å². The van der Waals surface area contributed by atoms with E-state index in [-0.39, 0.29) is 0 Å². The van der Waals surface area contributed by atoms with Crippen LogP contribution in [0.15, 0.2) is 12.3 Å². The zero-order chi connectivity index (χ0) is 12.8. The van der Waals surface area contributed by atoms with Crippen molar-refractivity contribution in [1.82, 2.24) is 9.97 Å². The maximum atomic E-state index is 10.5. The Bertz CT molecular complexity index is 376. The highest BCUT2D eigenvalue weighted by Crippen LogP contribution is 2.27. The number of aliphatic hydroxyl groups is 1. The van der Waals surface area contributed by atoms with Crippen molar-refractivity contribution < 1.29 is 9.84 Å². The molecule has 18 heavy (non-hydrogen) atoms. The summed E-state index contributed by atoms with van der Waals surface area (Å²) in [6, 6.07) is 1.70. The van der Waals surface area contributed by atoms with Crippen molar-refractivity contribution in [2.45, 2.75) is 44.1 Å². The summed E-state index contributed by atoms with van der Waals surface area (Å²) in [7, 11) is 1.57. The first-order chi connectivity index (χ1) is 8.72. The summed E-state index contributed by atoms with van der Waals surface area (Å²) < 4.78 is 5.04. The van der Waals surface area contributed by atoms with E-state index < -0.39 is 5.60 Å². The van der Waals surface area contributed by atoms with Crippen LogP contribution in [-0.2, 0) is 0 Å². The van der Waals surface area contributed by atoms with Crippen molar-refractivity contribution in [3.8, 4) is 5.88 Å². The molecule has 0 aromatic carbocycles. The Morgan fingerprint density at radius 1 is 1.33 bits per heavy atom. The molecule has 0 amide bonds. The molecule has 1 saturated carbocycles. The lowest BCUT2D eigenvalue weighted by Crippen LogP contribution is -2.36. The van der Waals surface area contributed by atoms with Gasteiger partial charge in [0.15, 0.2) is 0 Å². The van der Waals surface area contributed by atoms with Gasteiger partial charge in [-0.3, -0.25) is 0 Å². The van der Waals surface area contributed by atoms with Crippen molar-refractivity contribution in [2.24, 2.45) is 0 Å². The minimum atomic E-state index is -0.622. The van der Waals surface area contributed by atoms with Gasteiger partial charge >= 0.3 is 0 Å². The predicted octanol–water partition coefficient (Wildman–Crippen LogP) is 1.98. The van der Waals surface area contributed by atoms with E-state index in [1.54, 1.807) is 19.4 Å². The molecule has 0 unspecified atom stereocenters. The van der Waals surface area contributed by atoms with Crippen molar-refractivity contribution in [1.29, 1.82) is 0 Å². The summed E-state index contributed by atoms with van der Waals surface area (Å²) in [5.41, 5.74) is -0.622. The van der Waals surface area contributed by atoms with Gasteiger partial charge in [-0.15, -0.1) is 0 Å².